The van der Waals surface area contributed by atoms with Crippen LogP contribution in [0.1, 0.15) is 45.8 Å². The fraction of sp³-hybridized carbons (Fsp3) is 0.222. The number of halogens is 2. The zero-order valence-corrected chi connectivity index (χ0v) is 22.1. The van der Waals surface area contributed by atoms with E-state index in [0.29, 0.717) is 16.9 Å². The molecule has 1 N–H and O–H groups in total. The van der Waals surface area contributed by atoms with Gasteiger partial charge in [0.2, 0.25) is 0 Å². The molecule has 0 unspecified atom stereocenters. The number of ether oxygens (including phenoxy) is 3. The quantitative estimate of drug-likeness (QED) is 0.219. The fourth-order valence-electron chi connectivity index (χ4n) is 3.35. The topological polar surface area (TPSA) is 126 Å². The lowest BCUT2D eigenvalue weighted by Gasteiger charge is -2.10. The van der Waals surface area contributed by atoms with Crippen LogP contribution < -0.4 is 5.32 Å². The second-order valence-corrected chi connectivity index (χ2v) is 8.27. The maximum atomic E-state index is 13.2. The maximum Gasteiger partial charge on any atom is 0.338 e. The molecule has 0 spiro atoms. The lowest BCUT2D eigenvalue weighted by atomic mass is 10.1. The van der Waals surface area contributed by atoms with Gasteiger partial charge in [0.15, 0.2) is 6.61 Å². The van der Waals surface area contributed by atoms with Crippen molar-refractivity contribution < 1.29 is 37.8 Å². The summed E-state index contributed by atoms with van der Waals surface area (Å²) >= 11 is 6.39. The third kappa shape index (κ3) is 7.74. The molecule has 0 saturated heterocycles. The van der Waals surface area contributed by atoms with Crippen LogP contribution in [0.15, 0.2) is 48.5 Å². The van der Waals surface area contributed by atoms with Crippen LogP contribution in [-0.4, -0.2) is 53.4 Å². The molecular formula is C27H25ClFN3O7. The summed E-state index contributed by atoms with van der Waals surface area (Å²) in [5, 5.41) is 6.97. The molecule has 3 aromatic rings. The van der Waals surface area contributed by atoms with Crippen molar-refractivity contribution in [3.63, 3.8) is 0 Å². The predicted molar refractivity (Wildman–Crippen MR) is 140 cm³/mol. The number of hydrogen-bond acceptors (Lipinski definition) is 8. The van der Waals surface area contributed by atoms with Gasteiger partial charge in [-0.3, -0.25) is 4.79 Å². The van der Waals surface area contributed by atoms with Crippen LogP contribution >= 0.6 is 11.6 Å². The first-order valence-electron chi connectivity index (χ1n) is 11.8. The van der Waals surface area contributed by atoms with Crippen molar-refractivity contribution in [2.24, 2.45) is 0 Å². The zero-order valence-electron chi connectivity index (χ0n) is 21.3. The van der Waals surface area contributed by atoms with Gasteiger partial charge in [0.1, 0.15) is 11.0 Å². The van der Waals surface area contributed by atoms with Crippen molar-refractivity contribution in [2.75, 3.05) is 25.1 Å². The average molecular weight is 558 g/mol. The van der Waals surface area contributed by atoms with Crippen LogP contribution in [0.3, 0.4) is 0 Å². The van der Waals surface area contributed by atoms with Gasteiger partial charge in [-0.1, -0.05) is 11.6 Å². The summed E-state index contributed by atoms with van der Waals surface area (Å²) in [5.41, 5.74) is 1.64. The van der Waals surface area contributed by atoms with E-state index in [1.165, 1.54) is 53.2 Å². The number of carbonyl (C=O) groups excluding carboxylic acids is 4. The third-order valence-electron chi connectivity index (χ3n) is 5.09. The molecule has 0 radical (unpaired) electrons. The smallest absolute Gasteiger partial charge is 0.338 e. The highest BCUT2D eigenvalue weighted by Gasteiger charge is 2.17. The van der Waals surface area contributed by atoms with Gasteiger partial charge in [0.25, 0.3) is 5.91 Å². The number of esters is 3. The molecule has 0 aliphatic carbocycles. The van der Waals surface area contributed by atoms with E-state index >= 15 is 0 Å². The molecule has 1 aromatic heterocycles. The van der Waals surface area contributed by atoms with E-state index in [4.69, 9.17) is 25.8 Å². The minimum absolute atomic E-state index is 0.0334. The lowest BCUT2D eigenvalue weighted by molar-refractivity contribution is -0.142. The molecule has 0 saturated carbocycles. The molecule has 0 fully saturated rings. The predicted octanol–water partition coefficient (Wildman–Crippen LogP) is 4.52. The summed E-state index contributed by atoms with van der Waals surface area (Å²) in [6, 6.07) is 9.49. The van der Waals surface area contributed by atoms with Crippen molar-refractivity contribution >= 4 is 47.2 Å². The average Bonchev–Trinajstić information content (AvgIpc) is 3.19. The van der Waals surface area contributed by atoms with Crippen LogP contribution in [0.25, 0.3) is 11.8 Å². The largest absolute Gasteiger partial charge is 0.462 e. The minimum atomic E-state index is -0.831. The SMILES string of the molecule is CCOC(=O)c1cc(NC(=O)COC(=O)C=Cc2c(C)nn(-c3ccc(F)cc3)c2Cl)cc(C(=O)OCC)c1. The molecule has 0 aliphatic rings. The molecule has 39 heavy (non-hydrogen) atoms. The van der Waals surface area contributed by atoms with Crippen molar-refractivity contribution in [1.82, 2.24) is 9.78 Å². The Bertz CT molecular complexity index is 1380. The van der Waals surface area contributed by atoms with Crippen molar-refractivity contribution in [3.8, 4) is 5.69 Å². The van der Waals surface area contributed by atoms with E-state index in [-0.39, 0.29) is 35.2 Å². The van der Waals surface area contributed by atoms with Gasteiger partial charge in [-0.25, -0.2) is 23.5 Å². The number of amides is 1. The van der Waals surface area contributed by atoms with Gasteiger partial charge in [-0.05, 0) is 69.3 Å². The number of anilines is 1. The van der Waals surface area contributed by atoms with Gasteiger partial charge >= 0.3 is 17.9 Å². The Kier molecular flexibility index (Phi) is 9.93. The number of aromatic nitrogens is 2. The number of carbonyl (C=O) groups is 4. The van der Waals surface area contributed by atoms with E-state index in [1.54, 1.807) is 20.8 Å². The minimum Gasteiger partial charge on any atom is -0.462 e. The number of aryl methyl sites for hydroxylation is 1. The summed E-state index contributed by atoms with van der Waals surface area (Å²) in [6.45, 7) is 4.52. The normalized spacial score (nSPS) is 10.8. The Morgan fingerprint density at radius 1 is 0.974 bits per heavy atom. The number of nitrogens with one attached hydrogen (secondary N) is 1. The third-order valence-corrected chi connectivity index (χ3v) is 5.45. The number of hydrogen-bond donors (Lipinski definition) is 1. The van der Waals surface area contributed by atoms with E-state index < -0.39 is 36.2 Å². The molecule has 2 aromatic carbocycles. The Morgan fingerprint density at radius 2 is 1.56 bits per heavy atom. The number of benzene rings is 2. The van der Waals surface area contributed by atoms with Crippen LogP contribution in [0, 0.1) is 12.7 Å². The van der Waals surface area contributed by atoms with Crippen LogP contribution in [0.4, 0.5) is 10.1 Å². The van der Waals surface area contributed by atoms with Gasteiger partial charge in [-0.2, -0.15) is 5.10 Å². The molecular weight excluding hydrogens is 533 g/mol. The molecule has 1 heterocycles. The van der Waals surface area contributed by atoms with Gasteiger partial charge < -0.3 is 19.5 Å². The zero-order chi connectivity index (χ0) is 28.5. The van der Waals surface area contributed by atoms with Crippen molar-refractivity contribution in [3.05, 3.63) is 81.9 Å². The van der Waals surface area contributed by atoms with Crippen LogP contribution in [0.5, 0.6) is 0 Å². The molecule has 204 valence electrons. The summed E-state index contributed by atoms with van der Waals surface area (Å²) in [6.07, 6.45) is 2.47. The molecule has 3 rings (SSSR count). The number of rotatable bonds is 10. The first-order valence-corrected chi connectivity index (χ1v) is 12.2. The molecule has 0 atom stereocenters. The Balaban J connectivity index is 1.65. The lowest BCUT2D eigenvalue weighted by Crippen LogP contribution is -2.21. The number of nitrogens with zero attached hydrogens (tertiary/aromatic N) is 2. The van der Waals surface area contributed by atoms with Gasteiger partial charge in [-0.15, -0.1) is 0 Å². The molecule has 1 amide bonds. The van der Waals surface area contributed by atoms with E-state index in [2.05, 4.69) is 10.4 Å². The Hall–Kier alpha value is -4.51. The van der Waals surface area contributed by atoms with E-state index in [9.17, 15) is 23.6 Å². The van der Waals surface area contributed by atoms with Crippen LogP contribution in [0.2, 0.25) is 5.15 Å². The van der Waals surface area contributed by atoms with Crippen molar-refractivity contribution in [1.29, 1.82) is 0 Å². The summed E-state index contributed by atoms with van der Waals surface area (Å²) in [7, 11) is 0. The molecule has 12 heteroatoms. The Labute approximate surface area is 228 Å². The summed E-state index contributed by atoms with van der Waals surface area (Å²) in [4.78, 5) is 48.9. The maximum absolute atomic E-state index is 13.2. The van der Waals surface area contributed by atoms with Gasteiger partial charge in [0.05, 0.1) is 35.7 Å². The second kappa shape index (κ2) is 13.3. The molecule has 0 aliphatic heterocycles. The first kappa shape index (κ1) is 29.1. The van der Waals surface area contributed by atoms with E-state index in [1.807, 2.05) is 0 Å². The second-order valence-electron chi connectivity index (χ2n) is 7.91. The monoisotopic (exact) mass is 557 g/mol. The highest BCUT2D eigenvalue weighted by atomic mass is 35.5. The Morgan fingerprint density at radius 3 is 2.13 bits per heavy atom. The fourth-order valence-corrected chi connectivity index (χ4v) is 3.69. The van der Waals surface area contributed by atoms with Crippen molar-refractivity contribution in [2.45, 2.75) is 20.8 Å². The molecule has 10 nitrogen and oxygen atoms in total. The standard InChI is InChI=1S/C27H25ClFN3O7/c1-4-37-26(35)17-12-18(27(36)38-5-2)14-20(13-17)30-23(33)15-39-24(34)11-10-22-16(3)31-32(25(22)28)21-8-6-19(29)7-9-21/h6-14H,4-5,15H2,1-3H3,(H,30,33). The highest BCUT2D eigenvalue weighted by Crippen LogP contribution is 2.25. The highest BCUT2D eigenvalue weighted by molar-refractivity contribution is 6.31. The summed E-state index contributed by atoms with van der Waals surface area (Å²) in [5.74, 6) is -3.33. The molecule has 0 bridgehead atoms. The first-order chi connectivity index (χ1) is 18.6. The summed E-state index contributed by atoms with van der Waals surface area (Å²) < 4.78 is 29.5. The van der Waals surface area contributed by atoms with E-state index in [0.717, 1.165) is 6.08 Å². The van der Waals surface area contributed by atoms with Gasteiger partial charge in [0, 0.05) is 17.3 Å². The van der Waals surface area contributed by atoms with Crippen LogP contribution in [-0.2, 0) is 23.8 Å².